The number of benzene rings is 1. The number of nitrogens with two attached hydrogens (primary N) is 2. The minimum atomic E-state index is -1.02. The van der Waals surface area contributed by atoms with Crippen LogP contribution in [0.1, 0.15) is 56.6 Å². The first-order chi connectivity index (χ1) is 16.8. The summed E-state index contributed by atoms with van der Waals surface area (Å²) in [5.74, 6) is -2.02. The maximum Gasteiger partial charge on any atom is 0.320 e. The van der Waals surface area contributed by atoms with Gasteiger partial charge in [0.15, 0.2) is 0 Å². The van der Waals surface area contributed by atoms with Crippen molar-refractivity contribution in [3.05, 3.63) is 35.9 Å². The van der Waals surface area contributed by atoms with Gasteiger partial charge in [0.1, 0.15) is 11.8 Å². The Morgan fingerprint density at radius 1 is 1.00 bits per heavy atom. The minimum absolute atomic E-state index is 0.106. The molecule has 35 heavy (non-hydrogen) atoms. The normalized spacial score (nSPS) is 17.8. The monoisotopic (exact) mass is 492 g/mol. The summed E-state index contributed by atoms with van der Waals surface area (Å²) < 4.78 is 5.39. The first kappa shape index (κ1) is 28.9. The summed E-state index contributed by atoms with van der Waals surface area (Å²) in [4.78, 5) is 37.9. The van der Waals surface area contributed by atoms with Gasteiger partial charge in [-0.1, -0.05) is 30.3 Å². The van der Waals surface area contributed by atoms with E-state index in [1.54, 1.807) is 12.1 Å². The molecule has 10 heteroatoms. The van der Waals surface area contributed by atoms with E-state index in [-0.39, 0.29) is 18.1 Å². The van der Waals surface area contributed by atoms with E-state index in [0.29, 0.717) is 76.9 Å². The number of nitrogens with zero attached hydrogens (tertiary/aromatic N) is 1. The zero-order valence-electron chi connectivity index (χ0n) is 20.3. The number of aliphatic carboxylic acids is 1. The summed E-state index contributed by atoms with van der Waals surface area (Å²) in [6.07, 6.45) is 1.60. The van der Waals surface area contributed by atoms with Gasteiger partial charge in [-0.05, 0) is 37.7 Å². The van der Waals surface area contributed by atoms with Crippen LogP contribution in [-0.4, -0.2) is 77.8 Å². The fourth-order valence-electron chi connectivity index (χ4n) is 4.19. The Morgan fingerprint density at radius 2 is 1.66 bits per heavy atom. The number of ketones is 1. The van der Waals surface area contributed by atoms with Crippen molar-refractivity contribution in [2.24, 2.45) is 17.4 Å². The zero-order chi connectivity index (χ0) is 25.6. The molecule has 1 aliphatic rings. The number of carbonyl (C=O) groups is 3. The van der Waals surface area contributed by atoms with Crippen LogP contribution in [-0.2, 0) is 19.1 Å². The van der Waals surface area contributed by atoms with Gasteiger partial charge in [0.25, 0.3) is 0 Å². The number of aliphatic hydroxyl groups excluding tert-OH is 1. The molecule has 2 rings (SSSR count). The van der Waals surface area contributed by atoms with E-state index in [4.69, 9.17) is 21.3 Å². The number of rotatable bonds is 16. The molecule has 1 aliphatic heterocycles. The van der Waals surface area contributed by atoms with Gasteiger partial charge in [-0.15, -0.1) is 0 Å². The number of carbonyl (C=O) groups excluding carboxylic acids is 2. The van der Waals surface area contributed by atoms with Crippen molar-refractivity contribution in [3.63, 3.8) is 0 Å². The van der Waals surface area contributed by atoms with Crippen molar-refractivity contribution in [3.8, 4) is 0 Å². The number of carboxylic acids is 1. The summed E-state index contributed by atoms with van der Waals surface area (Å²) in [7, 11) is 0. The number of carboxylic acid groups (broad SMARTS) is 1. The standard InChI is InChI=1S/C25H40N4O6/c26-19(25(33)34)10-6-7-13-28-21(31)12-5-4-11-20(30)22(23(32)18-8-2-1-3-9-18)24(27)29-14-16-35-17-15-29/h1-3,8-9,19,22-24,32H,4-7,10-17,26-27H2,(H,28,31)(H,33,34)/t19?,22-,23-,24+/m1/s1. The minimum Gasteiger partial charge on any atom is -0.480 e. The van der Waals surface area contributed by atoms with E-state index in [2.05, 4.69) is 5.32 Å². The van der Waals surface area contributed by atoms with Crippen LogP contribution in [0.15, 0.2) is 30.3 Å². The highest BCUT2D eigenvalue weighted by Gasteiger charge is 2.36. The molecule has 0 aliphatic carbocycles. The first-order valence-electron chi connectivity index (χ1n) is 12.4. The molecule has 0 spiro atoms. The molecule has 196 valence electrons. The van der Waals surface area contributed by atoms with Crippen LogP contribution in [0.25, 0.3) is 0 Å². The van der Waals surface area contributed by atoms with Crippen LogP contribution in [0.2, 0.25) is 0 Å². The number of hydrogen-bond acceptors (Lipinski definition) is 8. The van der Waals surface area contributed by atoms with Gasteiger partial charge in [0, 0.05) is 32.5 Å². The predicted octanol–water partition coefficient (Wildman–Crippen LogP) is 0.781. The van der Waals surface area contributed by atoms with Crippen molar-refractivity contribution in [2.45, 2.75) is 63.3 Å². The Morgan fingerprint density at radius 3 is 2.31 bits per heavy atom. The third kappa shape index (κ3) is 10.0. The van der Waals surface area contributed by atoms with Crippen molar-refractivity contribution < 1.29 is 29.3 Å². The van der Waals surface area contributed by atoms with Gasteiger partial charge in [-0.3, -0.25) is 19.3 Å². The second kappa shape index (κ2) is 15.6. The summed E-state index contributed by atoms with van der Waals surface area (Å²) in [6, 6.07) is 8.20. The lowest BCUT2D eigenvalue weighted by Gasteiger charge is -2.38. The number of aliphatic hydroxyl groups is 1. The molecule has 1 aromatic rings. The lowest BCUT2D eigenvalue weighted by molar-refractivity contribution is -0.138. The molecule has 1 amide bonds. The van der Waals surface area contributed by atoms with E-state index in [1.807, 2.05) is 23.1 Å². The summed E-state index contributed by atoms with van der Waals surface area (Å²) in [5, 5.41) is 22.6. The summed E-state index contributed by atoms with van der Waals surface area (Å²) >= 11 is 0. The molecular formula is C25H40N4O6. The number of nitrogens with one attached hydrogen (secondary N) is 1. The third-order valence-corrected chi connectivity index (χ3v) is 6.35. The number of ether oxygens (including phenoxy) is 1. The van der Waals surface area contributed by atoms with E-state index in [9.17, 15) is 19.5 Å². The highest BCUT2D eigenvalue weighted by atomic mass is 16.5. The third-order valence-electron chi connectivity index (χ3n) is 6.35. The Balaban J connectivity index is 1.78. The van der Waals surface area contributed by atoms with Crippen molar-refractivity contribution in [1.82, 2.24) is 10.2 Å². The maximum absolute atomic E-state index is 13.2. The Bertz CT molecular complexity index is 787. The van der Waals surface area contributed by atoms with Gasteiger partial charge in [-0.2, -0.15) is 0 Å². The average molecular weight is 493 g/mol. The number of morpholine rings is 1. The SMILES string of the molecule is NC(CCCCNC(=O)CCCCC(=O)[C@H]([C@H](O)c1ccccc1)[C@@H](N)N1CCOCC1)C(=O)O. The van der Waals surface area contributed by atoms with E-state index in [0.717, 1.165) is 0 Å². The van der Waals surface area contributed by atoms with Gasteiger partial charge < -0.3 is 31.7 Å². The number of amides is 1. The lowest BCUT2D eigenvalue weighted by Crippen LogP contribution is -2.55. The second-order valence-corrected chi connectivity index (χ2v) is 8.98. The number of unbranched alkanes of at least 4 members (excludes halogenated alkanes) is 2. The van der Waals surface area contributed by atoms with E-state index < -0.39 is 30.2 Å². The number of Topliss-reactive ketones (excluding diaryl/α,β-unsaturated/α-hetero) is 1. The summed E-state index contributed by atoms with van der Waals surface area (Å²) in [6.45, 7) is 2.75. The molecule has 1 saturated heterocycles. The second-order valence-electron chi connectivity index (χ2n) is 8.98. The largest absolute Gasteiger partial charge is 0.480 e. The van der Waals surface area contributed by atoms with Crippen molar-refractivity contribution in [2.75, 3.05) is 32.8 Å². The Labute approximate surface area is 207 Å². The van der Waals surface area contributed by atoms with Crippen molar-refractivity contribution in [1.29, 1.82) is 0 Å². The average Bonchev–Trinajstić information content (AvgIpc) is 2.87. The molecule has 10 nitrogen and oxygen atoms in total. The molecule has 0 saturated carbocycles. The molecular weight excluding hydrogens is 452 g/mol. The summed E-state index contributed by atoms with van der Waals surface area (Å²) in [5.41, 5.74) is 12.6. The van der Waals surface area contributed by atoms with Crippen LogP contribution < -0.4 is 16.8 Å². The smallest absolute Gasteiger partial charge is 0.320 e. The molecule has 1 heterocycles. The zero-order valence-corrected chi connectivity index (χ0v) is 20.3. The van der Waals surface area contributed by atoms with Crippen LogP contribution in [0.4, 0.5) is 0 Å². The topological polar surface area (TPSA) is 168 Å². The lowest BCUT2D eigenvalue weighted by atomic mass is 9.86. The maximum atomic E-state index is 13.2. The fraction of sp³-hybridized carbons (Fsp3) is 0.640. The Hall–Kier alpha value is -2.37. The van der Waals surface area contributed by atoms with Crippen LogP contribution in [0.3, 0.4) is 0 Å². The van der Waals surface area contributed by atoms with Gasteiger partial charge in [-0.25, -0.2) is 0 Å². The molecule has 1 fully saturated rings. The quantitative estimate of drug-likeness (QED) is 0.209. The van der Waals surface area contributed by atoms with Gasteiger partial charge in [0.05, 0.1) is 31.4 Å². The molecule has 1 aromatic carbocycles. The molecule has 4 atom stereocenters. The van der Waals surface area contributed by atoms with E-state index >= 15 is 0 Å². The van der Waals surface area contributed by atoms with Crippen LogP contribution >= 0.6 is 0 Å². The molecule has 7 N–H and O–H groups in total. The van der Waals surface area contributed by atoms with E-state index in [1.165, 1.54) is 0 Å². The number of hydrogen-bond donors (Lipinski definition) is 5. The molecule has 0 radical (unpaired) electrons. The highest BCUT2D eigenvalue weighted by molar-refractivity contribution is 5.82. The van der Waals surface area contributed by atoms with Gasteiger partial charge >= 0.3 is 5.97 Å². The van der Waals surface area contributed by atoms with Gasteiger partial charge in [0.2, 0.25) is 5.91 Å². The fourth-order valence-corrected chi connectivity index (χ4v) is 4.19. The highest BCUT2D eigenvalue weighted by Crippen LogP contribution is 2.28. The predicted molar refractivity (Wildman–Crippen MR) is 131 cm³/mol. The molecule has 0 bridgehead atoms. The molecule has 0 aromatic heterocycles. The molecule has 1 unspecified atom stereocenters. The van der Waals surface area contributed by atoms with Crippen molar-refractivity contribution >= 4 is 17.7 Å². The Kier molecular flexibility index (Phi) is 12.9. The van der Waals surface area contributed by atoms with Crippen LogP contribution in [0, 0.1) is 5.92 Å². The van der Waals surface area contributed by atoms with Crippen LogP contribution in [0.5, 0.6) is 0 Å². The first-order valence-corrected chi connectivity index (χ1v) is 12.4.